The van der Waals surface area contributed by atoms with E-state index in [9.17, 15) is 4.79 Å². The molecule has 0 saturated carbocycles. The highest BCUT2D eigenvalue weighted by atomic mass is 16.5. The van der Waals surface area contributed by atoms with E-state index in [1.807, 2.05) is 6.07 Å². The molecule has 5 nitrogen and oxygen atoms in total. The van der Waals surface area contributed by atoms with Crippen molar-refractivity contribution in [2.75, 3.05) is 19.8 Å². The van der Waals surface area contributed by atoms with Crippen molar-refractivity contribution in [3.8, 4) is 11.8 Å². The first kappa shape index (κ1) is 12.4. The third-order valence-electron chi connectivity index (χ3n) is 2.66. The third-order valence-corrected chi connectivity index (χ3v) is 2.66. The topological polar surface area (TPSA) is 71.3 Å². The molecule has 1 aliphatic rings. The van der Waals surface area contributed by atoms with Crippen LogP contribution in [0.15, 0.2) is 24.3 Å². The number of ether oxygens (including phenoxy) is 2. The van der Waals surface area contributed by atoms with Crippen molar-refractivity contribution in [3.63, 3.8) is 0 Å². The number of amides is 1. The lowest BCUT2D eigenvalue weighted by atomic mass is 10.2. The van der Waals surface area contributed by atoms with Crippen molar-refractivity contribution >= 4 is 5.91 Å². The van der Waals surface area contributed by atoms with E-state index >= 15 is 0 Å². The zero-order valence-electron chi connectivity index (χ0n) is 9.89. The van der Waals surface area contributed by atoms with Crippen molar-refractivity contribution in [2.24, 2.45) is 0 Å². The third kappa shape index (κ3) is 3.22. The molecule has 1 aromatic rings. The summed E-state index contributed by atoms with van der Waals surface area (Å²) in [5.74, 6) is 0.232. The molecule has 0 spiro atoms. The van der Waals surface area contributed by atoms with E-state index in [0.29, 0.717) is 24.5 Å². The van der Waals surface area contributed by atoms with Gasteiger partial charge in [-0.25, -0.2) is 0 Å². The Labute approximate surface area is 105 Å². The molecule has 0 bridgehead atoms. The Kier molecular flexibility index (Phi) is 4.15. The zero-order valence-corrected chi connectivity index (χ0v) is 9.89. The van der Waals surface area contributed by atoms with Crippen LogP contribution in [0.4, 0.5) is 0 Å². The van der Waals surface area contributed by atoms with Crippen molar-refractivity contribution in [1.82, 2.24) is 5.32 Å². The van der Waals surface area contributed by atoms with Crippen LogP contribution in [0.3, 0.4) is 0 Å². The number of hydrogen-bond donors (Lipinski definition) is 1. The lowest BCUT2D eigenvalue weighted by molar-refractivity contribution is -0.123. The summed E-state index contributed by atoms with van der Waals surface area (Å²) in [7, 11) is 0. The molecule has 1 N–H and O–H groups in total. The number of carbonyl (C=O) groups excluding carboxylic acids is 1. The summed E-state index contributed by atoms with van der Waals surface area (Å²) in [4.78, 5) is 11.6. The average molecular weight is 246 g/mol. The van der Waals surface area contributed by atoms with Crippen LogP contribution in [0.5, 0.6) is 5.75 Å². The molecule has 94 valence electrons. The minimum Gasteiger partial charge on any atom is -0.482 e. The first-order valence-corrected chi connectivity index (χ1v) is 5.78. The van der Waals surface area contributed by atoms with E-state index in [0.717, 1.165) is 6.42 Å². The standard InChI is InChI=1S/C13H14N2O3/c14-7-10-3-1-2-4-12(10)18-9-13(16)15-11-5-6-17-8-11/h1-4,11H,5-6,8-9H2,(H,15,16). The lowest BCUT2D eigenvalue weighted by Gasteiger charge is -2.11. The summed E-state index contributed by atoms with van der Waals surface area (Å²) < 4.78 is 10.5. The smallest absolute Gasteiger partial charge is 0.258 e. The minimum atomic E-state index is -0.196. The molecule has 1 aromatic carbocycles. The summed E-state index contributed by atoms with van der Waals surface area (Å²) in [5.41, 5.74) is 0.425. The molecule has 0 aliphatic carbocycles. The van der Waals surface area contributed by atoms with Gasteiger partial charge >= 0.3 is 0 Å². The zero-order chi connectivity index (χ0) is 12.8. The molecular weight excluding hydrogens is 232 g/mol. The van der Waals surface area contributed by atoms with Gasteiger partial charge in [0.25, 0.3) is 5.91 Å². The summed E-state index contributed by atoms with van der Waals surface area (Å²) in [6.07, 6.45) is 0.834. The fourth-order valence-electron chi connectivity index (χ4n) is 1.75. The minimum absolute atomic E-state index is 0.0762. The van der Waals surface area contributed by atoms with E-state index in [4.69, 9.17) is 14.7 Å². The normalized spacial score (nSPS) is 18.1. The number of benzene rings is 1. The first-order chi connectivity index (χ1) is 8.79. The fraction of sp³-hybridized carbons (Fsp3) is 0.385. The van der Waals surface area contributed by atoms with Gasteiger partial charge in [-0.1, -0.05) is 12.1 Å². The molecule has 1 unspecified atom stereocenters. The van der Waals surface area contributed by atoms with Crippen molar-refractivity contribution in [2.45, 2.75) is 12.5 Å². The van der Waals surface area contributed by atoms with Crippen LogP contribution < -0.4 is 10.1 Å². The van der Waals surface area contributed by atoms with Crippen LogP contribution in [0.2, 0.25) is 0 Å². The molecular formula is C13H14N2O3. The summed E-state index contributed by atoms with van der Waals surface area (Å²) in [6.45, 7) is 1.15. The molecule has 1 fully saturated rings. The first-order valence-electron chi connectivity index (χ1n) is 5.78. The van der Waals surface area contributed by atoms with Gasteiger partial charge in [0.1, 0.15) is 11.8 Å². The molecule has 1 amide bonds. The Hall–Kier alpha value is -2.06. The molecule has 5 heteroatoms. The highest BCUT2D eigenvalue weighted by Crippen LogP contribution is 2.16. The highest BCUT2D eigenvalue weighted by molar-refractivity contribution is 5.78. The Bertz CT molecular complexity index is 462. The highest BCUT2D eigenvalue weighted by Gasteiger charge is 2.17. The molecule has 1 atom stereocenters. The molecule has 18 heavy (non-hydrogen) atoms. The van der Waals surface area contributed by atoms with E-state index in [1.54, 1.807) is 24.3 Å². The van der Waals surface area contributed by atoms with Gasteiger partial charge in [-0.05, 0) is 18.6 Å². The van der Waals surface area contributed by atoms with E-state index in [-0.39, 0.29) is 18.6 Å². The Morgan fingerprint density at radius 1 is 1.56 bits per heavy atom. The molecule has 0 radical (unpaired) electrons. The Morgan fingerprint density at radius 2 is 2.39 bits per heavy atom. The quantitative estimate of drug-likeness (QED) is 0.854. The second-order valence-corrected chi connectivity index (χ2v) is 4.02. The predicted octanol–water partition coefficient (Wildman–Crippen LogP) is 0.842. The van der Waals surface area contributed by atoms with Gasteiger partial charge < -0.3 is 14.8 Å². The van der Waals surface area contributed by atoms with Gasteiger partial charge in [-0.3, -0.25) is 4.79 Å². The number of nitriles is 1. The van der Waals surface area contributed by atoms with Crippen LogP contribution in [0, 0.1) is 11.3 Å². The van der Waals surface area contributed by atoms with E-state index in [2.05, 4.69) is 5.32 Å². The maximum absolute atomic E-state index is 11.6. The van der Waals surface area contributed by atoms with Gasteiger partial charge in [-0.15, -0.1) is 0 Å². The van der Waals surface area contributed by atoms with Gasteiger partial charge in [0, 0.05) is 6.61 Å². The van der Waals surface area contributed by atoms with Crippen molar-refractivity contribution in [1.29, 1.82) is 5.26 Å². The van der Waals surface area contributed by atoms with Gasteiger partial charge in [0.15, 0.2) is 6.61 Å². The van der Waals surface area contributed by atoms with E-state index in [1.165, 1.54) is 0 Å². The van der Waals surface area contributed by atoms with Crippen LogP contribution in [0.1, 0.15) is 12.0 Å². The lowest BCUT2D eigenvalue weighted by Crippen LogP contribution is -2.38. The Morgan fingerprint density at radius 3 is 3.11 bits per heavy atom. The maximum Gasteiger partial charge on any atom is 0.258 e. The number of rotatable bonds is 4. The predicted molar refractivity (Wildman–Crippen MR) is 64.0 cm³/mol. The monoisotopic (exact) mass is 246 g/mol. The van der Waals surface area contributed by atoms with Gasteiger partial charge in [0.2, 0.25) is 0 Å². The molecule has 2 rings (SSSR count). The number of carbonyl (C=O) groups is 1. The fourth-order valence-corrected chi connectivity index (χ4v) is 1.75. The number of hydrogen-bond acceptors (Lipinski definition) is 4. The molecule has 1 saturated heterocycles. The summed E-state index contributed by atoms with van der Waals surface area (Å²) in [6, 6.07) is 8.93. The Balaban J connectivity index is 1.83. The summed E-state index contributed by atoms with van der Waals surface area (Å²) >= 11 is 0. The van der Waals surface area contributed by atoms with Crippen LogP contribution in [-0.4, -0.2) is 31.8 Å². The number of nitrogens with one attached hydrogen (secondary N) is 1. The SMILES string of the molecule is N#Cc1ccccc1OCC(=O)NC1CCOC1. The average Bonchev–Trinajstić information content (AvgIpc) is 2.89. The molecule has 1 aliphatic heterocycles. The number of para-hydroxylation sites is 1. The van der Waals surface area contributed by atoms with Gasteiger partial charge in [0.05, 0.1) is 18.2 Å². The van der Waals surface area contributed by atoms with Gasteiger partial charge in [-0.2, -0.15) is 5.26 Å². The summed E-state index contributed by atoms with van der Waals surface area (Å²) in [5, 5.41) is 11.7. The largest absolute Gasteiger partial charge is 0.482 e. The van der Waals surface area contributed by atoms with Crippen LogP contribution in [-0.2, 0) is 9.53 Å². The molecule has 1 heterocycles. The maximum atomic E-state index is 11.6. The second-order valence-electron chi connectivity index (χ2n) is 4.02. The molecule has 0 aromatic heterocycles. The van der Waals surface area contributed by atoms with Crippen molar-refractivity contribution < 1.29 is 14.3 Å². The van der Waals surface area contributed by atoms with Crippen molar-refractivity contribution in [3.05, 3.63) is 29.8 Å². The van der Waals surface area contributed by atoms with Crippen LogP contribution in [0.25, 0.3) is 0 Å². The second kappa shape index (κ2) is 6.03. The van der Waals surface area contributed by atoms with Crippen LogP contribution >= 0.6 is 0 Å². The number of nitrogens with zero attached hydrogens (tertiary/aromatic N) is 1. The van der Waals surface area contributed by atoms with E-state index < -0.39 is 0 Å².